The number of aromatic amines is 1. The topological polar surface area (TPSA) is 15.8 Å². The Kier molecular flexibility index (Phi) is 3.60. The van der Waals surface area contributed by atoms with Gasteiger partial charge in [0.2, 0.25) is 0 Å². The average molecular weight is 263 g/mol. The van der Waals surface area contributed by atoms with E-state index in [0.717, 1.165) is 0 Å². The van der Waals surface area contributed by atoms with Crippen LogP contribution in [0, 0.1) is 6.92 Å². The second-order valence-corrected chi connectivity index (χ2v) is 5.53. The van der Waals surface area contributed by atoms with Crippen LogP contribution in [-0.4, -0.2) is 4.98 Å². The van der Waals surface area contributed by atoms with Gasteiger partial charge in [0.05, 0.1) is 0 Å². The molecule has 1 heterocycles. The number of rotatable bonds is 4. The summed E-state index contributed by atoms with van der Waals surface area (Å²) in [5.74, 6) is 0. The molecular weight excluding hydrogens is 242 g/mol. The predicted molar refractivity (Wildman–Crippen MR) is 87.1 cm³/mol. The molecule has 0 spiro atoms. The van der Waals surface area contributed by atoms with Gasteiger partial charge >= 0.3 is 0 Å². The first-order valence-corrected chi connectivity index (χ1v) is 7.45. The molecule has 3 rings (SSSR count). The molecule has 0 radical (unpaired) electrons. The smallest absolute Gasteiger partial charge is 0.0488 e. The molecule has 0 amide bonds. The van der Waals surface area contributed by atoms with Gasteiger partial charge in [0, 0.05) is 16.6 Å². The van der Waals surface area contributed by atoms with Crippen LogP contribution in [0.25, 0.3) is 22.2 Å². The summed E-state index contributed by atoms with van der Waals surface area (Å²) < 4.78 is 0. The summed E-state index contributed by atoms with van der Waals surface area (Å²) in [7, 11) is 0. The minimum atomic E-state index is 1.18. The Balaban J connectivity index is 2.04. The van der Waals surface area contributed by atoms with Crippen LogP contribution in [0.2, 0.25) is 0 Å². The highest BCUT2D eigenvalue weighted by molar-refractivity contribution is 5.88. The van der Waals surface area contributed by atoms with Gasteiger partial charge in [0.1, 0.15) is 0 Å². The van der Waals surface area contributed by atoms with Crippen molar-refractivity contribution >= 4 is 10.9 Å². The first-order valence-electron chi connectivity index (χ1n) is 7.45. The van der Waals surface area contributed by atoms with E-state index in [1.54, 1.807) is 0 Å². The highest BCUT2D eigenvalue weighted by Gasteiger charge is 2.06. The van der Waals surface area contributed by atoms with Crippen LogP contribution >= 0.6 is 0 Å². The summed E-state index contributed by atoms with van der Waals surface area (Å²) in [4.78, 5) is 3.56. The first-order chi connectivity index (χ1) is 9.78. The summed E-state index contributed by atoms with van der Waals surface area (Å²) in [6.45, 7) is 4.44. The van der Waals surface area contributed by atoms with Crippen molar-refractivity contribution in [2.24, 2.45) is 0 Å². The predicted octanol–water partition coefficient (Wildman–Crippen LogP) is 5.49. The minimum absolute atomic E-state index is 1.18. The number of aryl methyl sites for hydroxylation is 2. The number of unbranched alkanes of at least 4 members (excludes halogenated alkanes) is 1. The molecule has 0 fully saturated rings. The molecule has 1 nitrogen and oxygen atoms in total. The average Bonchev–Trinajstić information content (AvgIpc) is 2.91. The Morgan fingerprint density at radius 3 is 2.55 bits per heavy atom. The van der Waals surface area contributed by atoms with E-state index in [-0.39, 0.29) is 0 Å². The molecule has 1 heteroatoms. The van der Waals surface area contributed by atoms with Crippen molar-refractivity contribution in [3.63, 3.8) is 0 Å². The number of benzene rings is 2. The van der Waals surface area contributed by atoms with E-state index in [0.29, 0.717) is 0 Å². The molecule has 0 aliphatic carbocycles. The van der Waals surface area contributed by atoms with E-state index in [1.165, 1.54) is 52.5 Å². The number of aromatic nitrogens is 1. The zero-order valence-corrected chi connectivity index (χ0v) is 12.2. The van der Waals surface area contributed by atoms with Gasteiger partial charge in [0.25, 0.3) is 0 Å². The molecule has 0 atom stereocenters. The van der Waals surface area contributed by atoms with Crippen LogP contribution in [0.3, 0.4) is 0 Å². The molecule has 1 N–H and O–H groups in total. The third kappa shape index (κ3) is 2.49. The van der Waals surface area contributed by atoms with Crippen molar-refractivity contribution in [1.82, 2.24) is 4.98 Å². The third-order valence-electron chi connectivity index (χ3n) is 3.89. The standard InChI is InChI=1S/C19H21N/c1-3-4-8-15-11-14(2)19-17(12-15)13-18(20-19)16-9-6-5-7-10-16/h5-7,9-13,20H,3-4,8H2,1-2H3. The zero-order valence-electron chi connectivity index (χ0n) is 12.2. The third-order valence-corrected chi connectivity index (χ3v) is 3.89. The van der Waals surface area contributed by atoms with Gasteiger partial charge in [-0.3, -0.25) is 0 Å². The molecule has 2 aromatic carbocycles. The highest BCUT2D eigenvalue weighted by Crippen LogP contribution is 2.27. The van der Waals surface area contributed by atoms with Crippen molar-refractivity contribution in [2.75, 3.05) is 0 Å². The molecule has 20 heavy (non-hydrogen) atoms. The Morgan fingerprint density at radius 1 is 1.00 bits per heavy atom. The van der Waals surface area contributed by atoms with E-state index in [9.17, 15) is 0 Å². The van der Waals surface area contributed by atoms with Gasteiger partial charge in [-0.1, -0.05) is 49.7 Å². The quantitative estimate of drug-likeness (QED) is 0.641. The Hall–Kier alpha value is -2.02. The highest BCUT2D eigenvalue weighted by atomic mass is 14.7. The summed E-state index contributed by atoms with van der Waals surface area (Å²) in [5.41, 5.74) is 6.52. The summed E-state index contributed by atoms with van der Waals surface area (Å²) in [6, 6.07) is 17.5. The maximum Gasteiger partial charge on any atom is 0.0488 e. The maximum atomic E-state index is 3.56. The molecule has 0 unspecified atom stereocenters. The van der Waals surface area contributed by atoms with Gasteiger partial charge in [0.15, 0.2) is 0 Å². The Labute approximate surface area is 120 Å². The van der Waals surface area contributed by atoms with Crippen LogP contribution in [0.5, 0.6) is 0 Å². The second kappa shape index (κ2) is 5.54. The zero-order chi connectivity index (χ0) is 13.9. The van der Waals surface area contributed by atoms with Crippen LogP contribution in [0.15, 0.2) is 48.5 Å². The number of fused-ring (bicyclic) bond motifs is 1. The molecular formula is C19H21N. The SMILES string of the molecule is CCCCc1cc(C)c2[nH]c(-c3ccccc3)cc2c1. The number of nitrogens with one attached hydrogen (secondary N) is 1. The molecule has 0 bridgehead atoms. The molecule has 0 saturated heterocycles. The van der Waals surface area contributed by atoms with Gasteiger partial charge in [-0.2, -0.15) is 0 Å². The molecule has 3 aromatic rings. The Bertz CT molecular complexity index is 707. The normalized spacial score (nSPS) is 11.1. The van der Waals surface area contributed by atoms with E-state index in [2.05, 4.69) is 67.4 Å². The van der Waals surface area contributed by atoms with Gasteiger partial charge in [-0.05, 0) is 48.6 Å². The van der Waals surface area contributed by atoms with Crippen molar-refractivity contribution < 1.29 is 0 Å². The van der Waals surface area contributed by atoms with Crippen molar-refractivity contribution in [3.8, 4) is 11.3 Å². The van der Waals surface area contributed by atoms with Crippen LogP contribution in [0.4, 0.5) is 0 Å². The van der Waals surface area contributed by atoms with E-state index in [1.807, 2.05) is 0 Å². The van der Waals surface area contributed by atoms with Crippen LogP contribution in [-0.2, 0) is 6.42 Å². The lowest BCUT2D eigenvalue weighted by atomic mass is 10.0. The van der Waals surface area contributed by atoms with E-state index >= 15 is 0 Å². The van der Waals surface area contributed by atoms with E-state index in [4.69, 9.17) is 0 Å². The Morgan fingerprint density at radius 2 is 1.80 bits per heavy atom. The van der Waals surface area contributed by atoms with Crippen molar-refractivity contribution in [3.05, 3.63) is 59.7 Å². The minimum Gasteiger partial charge on any atom is -0.354 e. The molecule has 102 valence electrons. The molecule has 0 saturated carbocycles. The fourth-order valence-corrected chi connectivity index (χ4v) is 2.80. The fourth-order valence-electron chi connectivity index (χ4n) is 2.80. The maximum absolute atomic E-state index is 3.56. The first kappa shape index (κ1) is 13.0. The molecule has 0 aliphatic heterocycles. The fraction of sp³-hybridized carbons (Fsp3) is 0.263. The van der Waals surface area contributed by atoms with E-state index < -0.39 is 0 Å². The van der Waals surface area contributed by atoms with Gasteiger partial charge in [-0.25, -0.2) is 0 Å². The van der Waals surface area contributed by atoms with Crippen LogP contribution in [0.1, 0.15) is 30.9 Å². The number of hydrogen-bond acceptors (Lipinski definition) is 0. The summed E-state index contributed by atoms with van der Waals surface area (Å²) in [6.07, 6.45) is 3.69. The summed E-state index contributed by atoms with van der Waals surface area (Å²) >= 11 is 0. The summed E-state index contributed by atoms with van der Waals surface area (Å²) in [5, 5.41) is 1.33. The molecule has 0 aliphatic rings. The monoisotopic (exact) mass is 263 g/mol. The molecule has 1 aromatic heterocycles. The van der Waals surface area contributed by atoms with Gasteiger partial charge < -0.3 is 4.98 Å². The van der Waals surface area contributed by atoms with Crippen LogP contribution < -0.4 is 0 Å². The second-order valence-electron chi connectivity index (χ2n) is 5.53. The number of hydrogen-bond donors (Lipinski definition) is 1. The lowest BCUT2D eigenvalue weighted by Gasteiger charge is -2.03. The largest absolute Gasteiger partial charge is 0.354 e. The lowest BCUT2D eigenvalue weighted by Crippen LogP contribution is -1.87. The van der Waals surface area contributed by atoms with Crippen molar-refractivity contribution in [2.45, 2.75) is 33.1 Å². The lowest BCUT2D eigenvalue weighted by molar-refractivity contribution is 0.795. The van der Waals surface area contributed by atoms with Gasteiger partial charge in [-0.15, -0.1) is 0 Å². The van der Waals surface area contributed by atoms with Crippen molar-refractivity contribution in [1.29, 1.82) is 0 Å². The number of H-pyrrole nitrogens is 1.